The predicted octanol–water partition coefficient (Wildman–Crippen LogP) is 2.26. The van der Waals surface area contributed by atoms with E-state index in [0.717, 1.165) is 6.07 Å². The molecule has 1 aromatic carbocycles. The summed E-state index contributed by atoms with van der Waals surface area (Å²) >= 11 is 0. The average molecular weight is 274 g/mol. The van der Waals surface area contributed by atoms with Crippen LogP contribution in [-0.2, 0) is 4.74 Å². The van der Waals surface area contributed by atoms with E-state index in [0.29, 0.717) is 0 Å². The Morgan fingerprint density at radius 1 is 1.53 bits per heavy atom. The Kier molecular flexibility index (Phi) is 3.55. The molecule has 2 rings (SSSR count). The standard InChI is InChI=1S/C12H13F3N2O2/c1-19-12(18)5-2-7(13)10(8(16)3-5)17-9-4-6(9)11(14)15/h2-3,6,9,11,17H,4,16H2,1H3. The molecular formula is C12H13F3N2O2. The lowest BCUT2D eigenvalue weighted by molar-refractivity contribution is 0.0600. The van der Waals surface area contributed by atoms with Crippen molar-refractivity contribution in [2.45, 2.75) is 18.9 Å². The van der Waals surface area contributed by atoms with E-state index in [1.165, 1.54) is 13.2 Å². The van der Waals surface area contributed by atoms with Gasteiger partial charge in [0.05, 0.1) is 24.0 Å². The number of halogens is 3. The third-order valence-corrected chi connectivity index (χ3v) is 3.04. The number of carbonyl (C=O) groups is 1. The first-order valence-electron chi connectivity index (χ1n) is 5.66. The summed E-state index contributed by atoms with van der Waals surface area (Å²) in [4.78, 5) is 11.2. The van der Waals surface area contributed by atoms with Crippen molar-refractivity contribution >= 4 is 17.3 Å². The van der Waals surface area contributed by atoms with Crippen LogP contribution in [0.5, 0.6) is 0 Å². The highest BCUT2D eigenvalue weighted by Gasteiger charge is 2.44. The summed E-state index contributed by atoms with van der Waals surface area (Å²) in [5.74, 6) is -2.26. The van der Waals surface area contributed by atoms with Crippen LogP contribution in [0.3, 0.4) is 0 Å². The Morgan fingerprint density at radius 2 is 2.21 bits per heavy atom. The van der Waals surface area contributed by atoms with Gasteiger partial charge in [0, 0.05) is 12.0 Å². The number of hydrogen-bond donors (Lipinski definition) is 2. The number of benzene rings is 1. The monoisotopic (exact) mass is 274 g/mol. The zero-order valence-electron chi connectivity index (χ0n) is 10.1. The van der Waals surface area contributed by atoms with Crippen LogP contribution in [0, 0.1) is 11.7 Å². The number of alkyl halides is 2. The Bertz CT molecular complexity index is 485. The molecule has 7 heteroatoms. The van der Waals surface area contributed by atoms with Gasteiger partial charge in [0.15, 0.2) is 0 Å². The van der Waals surface area contributed by atoms with Crippen LogP contribution in [-0.4, -0.2) is 25.5 Å². The molecule has 1 aliphatic carbocycles. The summed E-state index contributed by atoms with van der Waals surface area (Å²) in [6, 6.07) is 1.72. The average Bonchev–Trinajstić information content (AvgIpc) is 3.12. The van der Waals surface area contributed by atoms with Gasteiger partial charge in [-0.3, -0.25) is 0 Å². The van der Waals surface area contributed by atoms with Gasteiger partial charge in [0.2, 0.25) is 6.43 Å². The number of rotatable bonds is 4. The number of nitrogens with two attached hydrogens (primary N) is 1. The molecule has 4 nitrogen and oxygen atoms in total. The Hall–Kier alpha value is -1.92. The highest BCUT2D eigenvalue weighted by atomic mass is 19.3. The van der Waals surface area contributed by atoms with Crippen LogP contribution < -0.4 is 11.1 Å². The fourth-order valence-corrected chi connectivity index (χ4v) is 1.86. The van der Waals surface area contributed by atoms with E-state index >= 15 is 0 Å². The summed E-state index contributed by atoms with van der Waals surface area (Å²) in [7, 11) is 1.17. The molecule has 0 spiro atoms. The van der Waals surface area contributed by atoms with E-state index in [1.807, 2.05) is 0 Å². The van der Waals surface area contributed by atoms with Crippen molar-refractivity contribution < 1.29 is 22.7 Å². The summed E-state index contributed by atoms with van der Waals surface area (Å²) in [5.41, 5.74) is 5.52. The maximum Gasteiger partial charge on any atom is 0.338 e. The number of ether oxygens (including phenoxy) is 1. The van der Waals surface area contributed by atoms with Gasteiger partial charge in [-0.05, 0) is 18.6 Å². The minimum absolute atomic E-state index is 0.0136. The third kappa shape index (κ3) is 2.74. The minimum Gasteiger partial charge on any atom is -0.465 e. The summed E-state index contributed by atoms with van der Waals surface area (Å²) in [6.45, 7) is 0. The highest BCUT2D eigenvalue weighted by Crippen LogP contribution is 2.40. The van der Waals surface area contributed by atoms with E-state index < -0.39 is 30.2 Å². The first-order valence-corrected chi connectivity index (χ1v) is 5.66. The second kappa shape index (κ2) is 4.99. The van der Waals surface area contributed by atoms with Gasteiger partial charge in [0.25, 0.3) is 0 Å². The van der Waals surface area contributed by atoms with Crippen molar-refractivity contribution in [3.8, 4) is 0 Å². The molecule has 1 aliphatic rings. The first-order chi connectivity index (χ1) is 8.93. The quantitative estimate of drug-likeness (QED) is 0.653. The molecule has 0 aromatic heterocycles. The number of nitrogen functional groups attached to an aromatic ring is 1. The molecule has 0 aliphatic heterocycles. The third-order valence-electron chi connectivity index (χ3n) is 3.04. The van der Waals surface area contributed by atoms with Crippen molar-refractivity contribution in [1.29, 1.82) is 0 Å². The van der Waals surface area contributed by atoms with Crippen molar-refractivity contribution in [2.75, 3.05) is 18.2 Å². The van der Waals surface area contributed by atoms with Gasteiger partial charge in [-0.1, -0.05) is 0 Å². The Balaban J connectivity index is 2.16. The maximum absolute atomic E-state index is 13.8. The summed E-state index contributed by atoms with van der Waals surface area (Å²) in [6.07, 6.45) is -2.16. The zero-order chi connectivity index (χ0) is 14.2. The van der Waals surface area contributed by atoms with E-state index in [2.05, 4.69) is 10.1 Å². The maximum atomic E-state index is 13.8. The van der Waals surface area contributed by atoms with Crippen molar-refractivity contribution in [1.82, 2.24) is 0 Å². The molecule has 0 amide bonds. The zero-order valence-corrected chi connectivity index (χ0v) is 10.1. The predicted molar refractivity (Wildman–Crippen MR) is 63.7 cm³/mol. The molecule has 0 radical (unpaired) electrons. The molecular weight excluding hydrogens is 261 g/mol. The molecule has 1 fully saturated rings. The Labute approximate surface area is 107 Å². The molecule has 19 heavy (non-hydrogen) atoms. The first kappa shape index (κ1) is 13.5. The molecule has 0 saturated heterocycles. The normalized spacial score (nSPS) is 21.3. The van der Waals surface area contributed by atoms with Crippen LogP contribution in [0.15, 0.2) is 12.1 Å². The van der Waals surface area contributed by atoms with Crippen molar-refractivity contribution in [3.05, 3.63) is 23.5 Å². The van der Waals surface area contributed by atoms with Gasteiger partial charge in [0.1, 0.15) is 5.82 Å². The lowest BCUT2D eigenvalue weighted by atomic mass is 10.1. The molecule has 104 valence electrons. The van der Waals surface area contributed by atoms with Gasteiger partial charge >= 0.3 is 5.97 Å². The fraction of sp³-hybridized carbons (Fsp3) is 0.417. The molecule has 0 bridgehead atoms. The van der Waals surface area contributed by atoms with Gasteiger partial charge in [-0.25, -0.2) is 18.0 Å². The van der Waals surface area contributed by atoms with Gasteiger partial charge in [-0.15, -0.1) is 0 Å². The van der Waals surface area contributed by atoms with Crippen LogP contribution in [0.2, 0.25) is 0 Å². The molecule has 2 atom stereocenters. The number of anilines is 2. The van der Waals surface area contributed by atoms with Crippen LogP contribution >= 0.6 is 0 Å². The van der Waals surface area contributed by atoms with Crippen LogP contribution in [0.25, 0.3) is 0 Å². The largest absolute Gasteiger partial charge is 0.465 e. The highest BCUT2D eigenvalue weighted by molar-refractivity contribution is 5.92. The summed E-state index contributed by atoms with van der Waals surface area (Å²) in [5, 5.41) is 2.64. The second-order valence-electron chi connectivity index (χ2n) is 4.40. The molecule has 2 unspecified atom stereocenters. The SMILES string of the molecule is COC(=O)c1cc(N)c(NC2CC2C(F)F)c(F)c1. The van der Waals surface area contributed by atoms with Crippen molar-refractivity contribution in [3.63, 3.8) is 0 Å². The number of nitrogens with one attached hydrogen (secondary N) is 1. The number of methoxy groups -OCH3 is 1. The number of carbonyl (C=O) groups excluding carboxylic acids is 1. The summed E-state index contributed by atoms with van der Waals surface area (Å²) < 4.78 is 43.0. The Morgan fingerprint density at radius 3 is 2.68 bits per heavy atom. The van der Waals surface area contributed by atoms with E-state index in [9.17, 15) is 18.0 Å². The van der Waals surface area contributed by atoms with Crippen LogP contribution in [0.1, 0.15) is 16.8 Å². The molecule has 1 aromatic rings. The van der Waals surface area contributed by atoms with E-state index in [-0.39, 0.29) is 23.4 Å². The van der Waals surface area contributed by atoms with Crippen LogP contribution in [0.4, 0.5) is 24.5 Å². The van der Waals surface area contributed by atoms with Gasteiger partial charge < -0.3 is 15.8 Å². The molecule has 0 heterocycles. The van der Waals surface area contributed by atoms with Gasteiger partial charge in [-0.2, -0.15) is 0 Å². The fourth-order valence-electron chi connectivity index (χ4n) is 1.86. The van der Waals surface area contributed by atoms with E-state index in [1.54, 1.807) is 0 Å². The van der Waals surface area contributed by atoms with Crippen molar-refractivity contribution in [2.24, 2.45) is 5.92 Å². The van der Waals surface area contributed by atoms with E-state index in [4.69, 9.17) is 5.73 Å². The molecule has 3 N–H and O–H groups in total. The number of esters is 1. The smallest absolute Gasteiger partial charge is 0.338 e. The second-order valence-corrected chi connectivity index (χ2v) is 4.40. The topological polar surface area (TPSA) is 64.3 Å². The molecule has 1 saturated carbocycles. The minimum atomic E-state index is -2.43. The number of hydrogen-bond acceptors (Lipinski definition) is 4. The lowest BCUT2D eigenvalue weighted by Gasteiger charge is -2.11. The lowest BCUT2D eigenvalue weighted by Crippen LogP contribution is -2.13.